The first-order chi connectivity index (χ1) is 9.03. The number of rotatable bonds is 5. The number of carboxylic acids is 1. The van der Waals surface area contributed by atoms with Gasteiger partial charge >= 0.3 is 5.97 Å². The Balaban J connectivity index is 2.23. The zero-order valence-corrected chi connectivity index (χ0v) is 10.7. The maximum atomic E-state index is 12.0. The Morgan fingerprint density at radius 2 is 1.95 bits per heavy atom. The predicted molar refractivity (Wildman–Crippen MR) is 67.5 cm³/mol. The molecule has 0 saturated heterocycles. The van der Waals surface area contributed by atoms with Crippen molar-refractivity contribution in [3.05, 3.63) is 18.2 Å². The number of carbonyl (C=O) groups is 2. The molecule has 1 aromatic rings. The summed E-state index contributed by atoms with van der Waals surface area (Å²) in [6.45, 7) is 0. The van der Waals surface area contributed by atoms with Crippen LogP contribution in [0.1, 0.15) is 12.8 Å². The summed E-state index contributed by atoms with van der Waals surface area (Å²) in [5.74, 6) is -0.606. The summed E-state index contributed by atoms with van der Waals surface area (Å²) in [7, 11) is 2.98. The molecule has 1 saturated carbocycles. The standard InChI is InChI=1S/C13H15NO5/c1-18-8-3-4-10(19-2)9(7-8)14-11(15)13(5-6-13)12(16)17/h3-4,7H,5-6H2,1-2H3,(H,14,15)(H,16,17). The van der Waals surface area contributed by atoms with Crippen molar-refractivity contribution in [2.75, 3.05) is 19.5 Å². The first-order valence-corrected chi connectivity index (χ1v) is 5.80. The summed E-state index contributed by atoms with van der Waals surface area (Å²) in [6.07, 6.45) is 0.723. The molecule has 0 atom stereocenters. The summed E-state index contributed by atoms with van der Waals surface area (Å²) in [5.41, 5.74) is -0.881. The number of ether oxygens (including phenoxy) is 2. The summed E-state index contributed by atoms with van der Waals surface area (Å²) >= 11 is 0. The summed E-state index contributed by atoms with van der Waals surface area (Å²) in [6, 6.07) is 4.93. The smallest absolute Gasteiger partial charge is 0.319 e. The number of carbonyl (C=O) groups excluding carboxylic acids is 1. The fourth-order valence-electron chi connectivity index (χ4n) is 1.82. The van der Waals surface area contributed by atoms with Gasteiger partial charge in [0.2, 0.25) is 5.91 Å². The van der Waals surface area contributed by atoms with Gasteiger partial charge in [0.25, 0.3) is 0 Å². The van der Waals surface area contributed by atoms with Crippen LogP contribution in [0.2, 0.25) is 0 Å². The quantitative estimate of drug-likeness (QED) is 0.788. The lowest BCUT2D eigenvalue weighted by Crippen LogP contribution is -2.31. The first-order valence-electron chi connectivity index (χ1n) is 5.80. The van der Waals surface area contributed by atoms with Crippen molar-refractivity contribution < 1.29 is 24.2 Å². The molecule has 0 heterocycles. The summed E-state index contributed by atoms with van der Waals surface area (Å²) in [4.78, 5) is 23.1. The van der Waals surface area contributed by atoms with Gasteiger partial charge in [0, 0.05) is 6.07 Å². The number of hydrogen-bond donors (Lipinski definition) is 2. The van der Waals surface area contributed by atoms with Crippen LogP contribution in [0.15, 0.2) is 18.2 Å². The minimum atomic E-state index is -1.28. The first kappa shape index (κ1) is 13.2. The molecule has 0 aliphatic heterocycles. The molecule has 1 aliphatic rings. The van der Waals surface area contributed by atoms with Crippen LogP contribution in [0.5, 0.6) is 11.5 Å². The molecule has 0 bridgehead atoms. The molecule has 6 nitrogen and oxygen atoms in total. The van der Waals surface area contributed by atoms with Crippen molar-refractivity contribution in [1.82, 2.24) is 0 Å². The number of methoxy groups -OCH3 is 2. The van der Waals surface area contributed by atoms with Gasteiger partial charge in [0.1, 0.15) is 16.9 Å². The van der Waals surface area contributed by atoms with E-state index in [2.05, 4.69) is 5.32 Å². The highest BCUT2D eigenvalue weighted by Crippen LogP contribution is 2.47. The van der Waals surface area contributed by atoms with Gasteiger partial charge in [-0.1, -0.05) is 0 Å². The molecule has 0 aromatic heterocycles. The minimum Gasteiger partial charge on any atom is -0.497 e. The third-order valence-electron chi connectivity index (χ3n) is 3.25. The van der Waals surface area contributed by atoms with E-state index in [1.54, 1.807) is 18.2 Å². The Morgan fingerprint density at radius 3 is 2.42 bits per heavy atom. The van der Waals surface area contributed by atoms with Crippen molar-refractivity contribution in [2.45, 2.75) is 12.8 Å². The van der Waals surface area contributed by atoms with Crippen LogP contribution in [0.25, 0.3) is 0 Å². The maximum absolute atomic E-state index is 12.0. The minimum absolute atomic E-state index is 0.362. The molecule has 19 heavy (non-hydrogen) atoms. The number of anilines is 1. The molecule has 2 rings (SSSR count). The van der Waals surface area contributed by atoms with Crippen LogP contribution in [0, 0.1) is 5.41 Å². The summed E-state index contributed by atoms with van der Waals surface area (Å²) in [5, 5.41) is 11.7. The second kappa shape index (κ2) is 4.79. The van der Waals surface area contributed by atoms with E-state index in [0.29, 0.717) is 30.0 Å². The lowest BCUT2D eigenvalue weighted by atomic mass is 10.1. The molecule has 1 aliphatic carbocycles. The number of carboxylic acid groups (broad SMARTS) is 1. The number of aliphatic carboxylic acids is 1. The van der Waals surface area contributed by atoms with Gasteiger partial charge in [-0.2, -0.15) is 0 Å². The van der Waals surface area contributed by atoms with E-state index in [1.807, 2.05) is 0 Å². The number of amides is 1. The van der Waals surface area contributed by atoms with Crippen molar-refractivity contribution in [3.63, 3.8) is 0 Å². The van der Waals surface area contributed by atoms with Crippen molar-refractivity contribution >= 4 is 17.6 Å². The molecule has 1 aromatic carbocycles. The second-order valence-corrected chi connectivity index (χ2v) is 4.41. The molecule has 1 amide bonds. The SMILES string of the molecule is COc1ccc(OC)c(NC(=O)C2(C(=O)O)CC2)c1. The molecule has 1 fully saturated rings. The lowest BCUT2D eigenvalue weighted by molar-refractivity contribution is -0.147. The Kier molecular flexibility index (Phi) is 3.33. The van der Waals surface area contributed by atoms with Crippen molar-refractivity contribution in [3.8, 4) is 11.5 Å². The van der Waals surface area contributed by atoms with Gasteiger partial charge in [-0.05, 0) is 25.0 Å². The van der Waals surface area contributed by atoms with Crippen molar-refractivity contribution in [2.24, 2.45) is 5.41 Å². The fraction of sp³-hybridized carbons (Fsp3) is 0.385. The number of benzene rings is 1. The normalized spacial score (nSPS) is 15.5. The van der Waals surface area contributed by atoms with E-state index in [0.717, 1.165) is 0 Å². The van der Waals surface area contributed by atoms with Crippen LogP contribution < -0.4 is 14.8 Å². The number of hydrogen-bond acceptors (Lipinski definition) is 4. The Bertz CT molecular complexity index is 522. The summed E-state index contributed by atoms with van der Waals surface area (Å²) < 4.78 is 10.2. The zero-order valence-electron chi connectivity index (χ0n) is 10.7. The largest absolute Gasteiger partial charge is 0.497 e. The highest BCUT2D eigenvalue weighted by atomic mass is 16.5. The van der Waals surface area contributed by atoms with E-state index in [4.69, 9.17) is 14.6 Å². The van der Waals surface area contributed by atoms with Gasteiger partial charge in [-0.25, -0.2) is 0 Å². The average molecular weight is 265 g/mol. The van der Waals surface area contributed by atoms with E-state index >= 15 is 0 Å². The number of nitrogens with one attached hydrogen (secondary N) is 1. The third-order valence-corrected chi connectivity index (χ3v) is 3.25. The average Bonchev–Trinajstić information content (AvgIpc) is 3.20. The fourth-order valence-corrected chi connectivity index (χ4v) is 1.82. The molecular weight excluding hydrogens is 250 g/mol. The molecule has 2 N–H and O–H groups in total. The van der Waals surface area contributed by atoms with Crippen LogP contribution in [0.3, 0.4) is 0 Å². The van der Waals surface area contributed by atoms with Gasteiger partial charge in [-0.15, -0.1) is 0 Å². The Morgan fingerprint density at radius 1 is 1.26 bits per heavy atom. The molecule has 0 unspecified atom stereocenters. The second-order valence-electron chi connectivity index (χ2n) is 4.41. The van der Waals surface area contributed by atoms with Crippen LogP contribution >= 0.6 is 0 Å². The van der Waals surface area contributed by atoms with Crippen LogP contribution in [-0.2, 0) is 9.59 Å². The Hall–Kier alpha value is -2.24. The molecule has 0 radical (unpaired) electrons. The van der Waals surface area contributed by atoms with E-state index in [-0.39, 0.29) is 0 Å². The molecule has 0 spiro atoms. The predicted octanol–water partition coefficient (Wildman–Crippen LogP) is 1.51. The highest BCUT2D eigenvalue weighted by molar-refractivity contribution is 6.11. The topological polar surface area (TPSA) is 84.9 Å². The zero-order chi connectivity index (χ0) is 14.0. The van der Waals surface area contributed by atoms with E-state index in [1.165, 1.54) is 14.2 Å². The Labute approximate surface area is 110 Å². The van der Waals surface area contributed by atoms with Gasteiger partial charge in [0.15, 0.2) is 0 Å². The van der Waals surface area contributed by atoms with Crippen LogP contribution in [0.4, 0.5) is 5.69 Å². The van der Waals surface area contributed by atoms with Gasteiger partial charge < -0.3 is 19.9 Å². The third kappa shape index (κ3) is 2.33. The highest BCUT2D eigenvalue weighted by Gasteiger charge is 2.57. The van der Waals surface area contributed by atoms with Crippen molar-refractivity contribution in [1.29, 1.82) is 0 Å². The molecule has 102 valence electrons. The molecular formula is C13H15NO5. The van der Waals surface area contributed by atoms with Gasteiger partial charge in [-0.3, -0.25) is 9.59 Å². The monoisotopic (exact) mass is 265 g/mol. The van der Waals surface area contributed by atoms with E-state index < -0.39 is 17.3 Å². The lowest BCUT2D eigenvalue weighted by Gasteiger charge is -2.14. The maximum Gasteiger partial charge on any atom is 0.319 e. The van der Waals surface area contributed by atoms with Crippen LogP contribution in [-0.4, -0.2) is 31.2 Å². The molecule has 6 heteroatoms. The van der Waals surface area contributed by atoms with Gasteiger partial charge in [0.05, 0.1) is 19.9 Å². The van der Waals surface area contributed by atoms with E-state index in [9.17, 15) is 9.59 Å².